The number of amides is 2. The van der Waals surface area contributed by atoms with Gasteiger partial charge < -0.3 is 25.8 Å². The van der Waals surface area contributed by atoms with E-state index in [1.54, 1.807) is 0 Å². The lowest BCUT2D eigenvalue weighted by Crippen LogP contribution is -2.34. The van der Waals surface area contributed by atoms with Crippen molar-refractivity contribution >= 4 is 17.6 Å². The van der Waals surface area contributed by atoms with Crippen LogP contribution in [0.4, 0.5) is 27.8 Å². The Morgan fingerprint density at radius 2 is 1.88 bits per heavy atom. The second-order valence-electron chi connectivity index (χ2n) is 7.34. The molecule has 1 fully saturated rings. The zero-order valence-electron chi connectivity index (χ0n) is 16.9. The van der Waals surface area contributed by atoms with Crippen molar-refractivity contribution in [3.8, 4) is 5.75 Å². The van der Waals surface area contributed by atoms with Crippen molar-refractivity contribution in [2.45, 2.75) is 31.4 Å². The van der Waals surface area contributed by atoms with Crippen molar-refractivity contribution in [3.05, 3.63) is 53.2 Å². The van der Waals surface area contributed by atoms with E-state index in [0.29, 0.717) is 5.56 Å². The summed E-state index contributed by atoms with van der Waals surface area (Å²) in [7, 11) is 0. The molecule has 13 heteroatoms. The molecule has 2 amide bonds. The van der Waals surface area contributed by atoms with Crippen LogP contribution in [0.25, 0.3) is 0 Å². The second kappa shape index (κ2) is 9.17. The van der Waals surface area contributed by atoms with E-state index in [1.165, 1.54) is 18.2 Å². The molecule has 8 nitrogen and oxygen atoms in total. The number of benzene rings is 1. The van der Waals surface area contributed by atoms with Gasteiger partial charge in [-0.05, 0) is 23.8 Å². The average molecular weight is 474 g/mol. The number of rotatable bonds is 7. The molecule has 2 aromatic rings. The molecule has 4 N–H and O–H groups in total. The number of aromatic nitrogens is 1. The molecule has 33 heavy (non-hydrogen) atoms. The molecule has 0 radical (unpaired) electrons. The quantitative estimate of drug-likeness (QED) is 0.594. The molecule has 1 aromatic heterocycles. The summed E-state index contributed by atoms with van der Waals surface area (Å²) >= 11 is 0. The Morgan fingerprint density at radius 3 is 2.48 bits per heavy atom. The van der Waals surface area contributed by atoms with Crippen LogP contribution in [0.5, 0.6) is 5.75 Å². The van der Waals surface area contributed by atoms with Gasteiger partial charge in [-0.25, -0.2) is 13.8 Å². The van der Waals surface area contributed by atoms with Crippen molar-refractivity contribution in [3.63, 3.8) is 0 Å². The van der Waals surface area contributed by atoms with Crippen molar-refractivity contribution in [2.75, 3.05) is 18.8 Å². The molecule has 0 unspecified atom stereocenters. The van der Waals surface area contributed by atoms with Gasteiger partial charge in [0.25, 0.3) is 5.92 Å². The van der Waals surface area contributed by atoms with Gasteiger partial charge in [-0.2, -0.15) is 0 Å². The molecule has 1 saturated heterocycles. The molecule has 1 aliphatic rings. The van der Waals surface area contributed by atoms with E-state index in [9.17, 15) is 31.5 Å². The van der Waals surface area contributed by atoms with Crippen molar-refractivity contribution in [1.82, 2.24) is 9.88 Å². The third-order valence-corrected chi connectivity index (χ3v) is 4.85. The number of anilines is 1. The van der Waals surface area contributed by atoms with Crippen LogP contribution in [0, 0.1) is 0 Å². The first-order valence-corrected chi connectivity index (χ1v) is 9.50. The molecule has 0 bridgehead atoms. The minimum atomic E-state index is -4.85. The molecule has 178 valence electrons. The number of nitrogens with two attached hydrogens (primary N) is 2. The number of nitrogens with zero attached hydrogens (tertiary/aromatic N) is 2. The largest absolute Gasteiger partial charge is 0.573 e. The smallest absolute Gasteiger partial charge is 0.406 e. The summed E-state index contributed by atoms with van der Waals surface area (Å²) in [6.45, 7) is -1.69. The van der Waals surface area contributed by atoms with Crippen LogP contribution in [0.3, 0.4) is 0 Å². The van der Waals surface area contributed by atoms with Gasteiger partial charge >= 0.3 is 6.36 Å². The first-order valence-electron chi connectivity index (χ1n) is 9.50. The Labute approximate surface area is 184 Å². The average Bonchev–Trinajstić information content (AvgIpc) is 3.02. The molecular formula is C20H19F5N4O4. The molecular weight excluding hydrogens is 455 g/mol. The number of likely N-dealkylation sites (tertiary alicyclic amines) is 1. The number of ether oxygens (including phenoxy) is 2. The lowest BCUT2D eigenvalue weighted by Gasteiger charge is -2.18. The number of nitrogen functional groups attached to an aromatic ring is 1. The standard InChI is InChI=1S/C20H19F5N4O4/c21-19(22)10-29(16(30)5-11-1-3-14(4-2-11)33-20(23,24)25)8-15(19)32-9-13-6-12(18(27)31)7-28-17(13)26/h1-4,6-7,15H,5,8-10H2,(H2,26,28)(H2,27,31)/t15-/m1/s1. The number of carbonyl (C=O) groups excluding carboxylic acids is 2. The molecule has 2 heterocycles. The Hall–Kier alpha value is -3.48. The van der Waals surface area contributed by atoms with Crippen LogP contribution < -0.4 is 16.2 Å². The number of alkyl halides is 5. The van der Waals surface area contributed by atoms with Gasteiger partial charge in [-0.15, -0.1) is 13.2 Å². The Bertz CT molecular complexity index is 1030. The summed E-state index contributed by atoms with van der Waals surface area (Å²) < 4.78 is 74.5. The predicted molar refractivity (Wildman–Crippen MR) is 104 cm³/mol. The van der Waals surface area contributed by atoms with Crippen LogP contribution in [-0.4, -0.2) is 53.2 Å². The molecule has 0 spiro atoms. The van der Waals surface area contributed by atoms with Gasteiger partial charge in [-0.1, -0.05) is 12.1 Å². The molecule has 1 aromatic carbocycles. The monoisotopic (exact) mass is 474 g/mol. The third-order valence-electron chi connectivity index (χ3n) is 4.85. The molecule has 1 aliphatic heterocycles. The molecule has 0 aliphatic carbocycles. The van der Waals surface area contributed by atoms with E-state index in [1.807, 2.05) is 0 Å². The number of halogens is 5. The first kappa shape index (κ1) is 24.2. The summed E-state index contributed by atoms with van der Waals surface area (Å²) in [5, 5.41) is 0. The maximum Gasteiger partial charge on any atom is 0.573 e. The highest BCUT2D eigenvalue weighted by atomic mass is 19.4. The van der Waals surface area contributed by atoms with Gasteiger partial charge in [0.1, 0.15) is 17.7 Å². The Morgan fingerprint density at radius 1 is 1.21 bits per heavy atom. The number of hydrogen-bond acceptors (Lipinski definition) is 6. The fourth-order valence-corrected chi connectivity index (χ4v) is 3.18. The van der Waals surface area contributed by atoms with Crippen LogP contribution in [-0.2, 0) is 22.6 Å². The summed E-state index contributed by atoms with van der Waals surface area (Å²) in [6, 6.07) is 5.82. The fourth-order valence-electron chi connectivity index (χ4n) is 3.18. The SMILES string of the molecule is NC(=O)c1cnc(N)c(CO[C@@H]2CN(C(=O)Cc3ccc(OC(F)(F)F)cc3)CC2(F)F)c1. The van der Waals surface area contributed by atoms with Crippen molar-refractivity contribution < 1.29 is 41.0 Å². The third kappa shape index (κ3) is 6.28. The predicted octanol–water partition coefficient (Wildman–Crippen LogP) is 2.27. The van der Waals surface area contributed by atoms with E-state index in [2.05, 4.69) is 9.72 Å². The van der Waals surface area contributed by atoms with Gasteiger partial charge in [0, 0.05) is 11.8 Å². The zero-order chi connectivity index (χ0) is 24.4. The minimum absolute atomic E-state index is 0.0211. The van der Waals surface area contributed by atoms with Crippen LogP contribution in [0.2, 0.25) is 0 Å². The van der Waals surface area contributed by atoms with Crippen molar-refractivity contribution in [2.24, 2.45) is 5.73 Å². The molecule has 1 atom stereocenters. The fraction of sp³-hybridized carbons (Fsp3) is 0.350. The van der Waals surface area contributed by atoms with Gasteiger partial charge in [-0.3, -0.25) is 9.59 Å². The number of primary amides is 1. The zero-order valence-corrected chi connectivity index (χ0v) is 16.9. The minimum Gasteiger partial charge on any atom is -0.406 e. The topological polar surface area (TPSA) is 121 Å². The van der Waals surface area contributed by atoms with Gasteiger partial charge in [0.2, 0.25) is 11.8 Å². The van der Waals surface area contributed by atoms with E-state index in [0.717, 1.165) is 23.2 Å². The number of hydrogen-bond donors (Lipinski definition) is 2. The summed E-state index contributed by atoms with van der Waals surface area (Å²) in [4.78, 5) is 28.4. The summed E-state index contributed by atoms with van der Waals surface area (Å²) in [5.41, 5.74) is 11.4. The maximum absolute atomic E-state index is 14.4. The number of pyridine rings is 1. The van der Waals surface area contributed by atoms with E-state index < -0.39 is 49.0 Å². The highest BCUT2D eigenvalue weighted by molar-refractivity contribution is 5.92. The van der Waals surface area contributed by atoms with Gasteiger partial charge in [0.15, 0.2) is 0 Å². The lowest BCUT2D eigenvalue weighted by molar-refractivity contribution is -0.274. The van der Waals surface area contributed by atoms with Crippen LogP contribution in [0.15, 0.2) is 36.5 Å². The van der Waals surface area contributed by atoms with Crippen LogP contribution >= 0.6 is 0 Å². The van der Waals surface area contributed by atoms with E-state index >= 15 is 0 Å². The Balaban J connectivity index is 1.60. The Kier molecular flexibility index (Phi) is 6.72. The van der Waals surface area contributed by atoms with Crippen LogP contribution in [0.1, 0.15) is 21.5 Å². The van der Waals surface area contributed by atoms with E-state index in [4.69, 9.17) is 16.2 Å². The molecule has 3 rings (SSSR count). The summed E-state index contributed by atoms with van der Waals surface area (Å²) in [6.07, 6.45) is -5.64. The van der Waals surface area contributed by atoms with Crippen molar-refractivity contribution in [1.29, 1.82) is 0 Å². The first-order chi connectivity index (χ1) is 15.3. The molecule has 0 saturated carbocycles. The van der Waals surface area contributed by atoms with E-state index in [-0.39, 0.29) is 30.0 Å². The highest BCUT2D eigenvalue weighted by Crippen LogP contribution is 2.31. The second-order valence-corrected chi connectivity index (χ2v) is 7.34. The lowest BCUT2D eigenvalue weighted by atomic mass is 10.1. The van der Waals surface area contributed by atoms with Gasteiger partial charge in [0.05, 0.1) is 31.7 Å². The maximum atomic E-state index is 14.4. The highest BCUT2D eigenvalue weighted by Gasteiger charge is 2.50. The summed E-state index contributed by atoms with van der Waals surface area (Å²) in [5.74, 6) is -5.27. The normalized spacial score (nSPS) is 17.7. The number of carbonyl (C=O) groups is 2.